The number of hydrogen-bond donors (Lipinski definition) is 1. The molecule has 1 aliphatic heterocycles. The predicted molar refractivity (Wildman–Crippen MR) is 118 cm³/mol. The number of fused-ring (bicyclic) bond motifs is 1. The number of methoxy groups -OCH3 is 1. The average Bonchev–Trinajstić information content (AvgIpc) is 2.89. The van der Waals surface area contributed by atoms with Gasteiger partial charge in [0.05, 0.1) is 7.11 Å². The molecule has 0 radical (unpaired) electrons. The number of hydrogen-bond acceptors (Lipinski definition) is 4. The molecule has 33 heavy (non-hydrogen) atoms. The van der Waals surface area contributed by atoms with E-state index in [1.165, 1.54) is 17.0 Å². The van der Waals surface area contributed by atoms with Gasteiger partial charge in [-0.3, -0.25) is 9.59 Å². The molecule has 0 bridgehead atoms. The molecule has 8 heteroatoms. The highest BCUT2D eigenvalue weighted by atomic mass is 19.1. The van der Waals surface area contributed by atoms with E-state index in [1.807, 2.05) is 0 Å². The fraction of sp³-hybridized carbons (Fsp3) is 0.200. The Kier molecular flexibility index (Phi) is 6.26. The van der Waals surface area contributed by atoms with Crippen LogP contribution in [0, 0.1) is 11.6 Å². The van der Waals surface area contributed by atoms with Crippen molar-refractivity contribution in [2.45, 2.75) is 26.1 Å². The van der Waals surface area contributed by atoms with Gasteiger partial charge in [0.25, 0.3) is 11.8 Å². The number of rotatable bonds is 5. The van der Waals surface area contributed by atoms with E-state index in [-0.39, 0.29) is 24.9 Å². The van der Waals surface area contributed by atoms with Crippen LogP contribution in [0.25, 0.3) is 0 Å². The van der Waals surface area contributed by atoms with Gasteiger partial charge in [-0.2, -0.15) is 0 Å². The van der Waals surface area contributed by atoms with Crippen molar-refractivity contribution in [1.29, 1.82) is 0 Å². The van der Waals surface area contributed by atoms with Crippen molar-refractivity contribution in [3.05, 3.63) is 89.0 Å². The predicted octanol–water partition coefficient (Wildman–Crippen LogP) is 4.54. The fourth-order valence-electron chi connectivity index (χ4n) is 3.68. The van der Waals surface area contributed by atoms with Crippen LogP contribution in [0.1, 0.15) is 28.4 Å². The van der Waals surface area contributed by atoms with E-state index in [2.05, 4.69) is 5.32 Å². The van der Waals surface area contributed by atoms with Crippen LogP contribution < -0.4 is 14.8 Å². The second-order valence-electron chi connectivity index (χ2n) is 7.74. The number of carbonyl (C=O) groups is 2. The van der Waals surface area contributed by atoms with Gasteiger partial charge in [0.1, 0.15) is 23.1 Å². The van der Waals surface area contributed by atoms with E-state index in [1.54, 1.807) is 56.5 Å². The SMILES string of the molecule is COc1ccc(C(=O)Nc2ccc3c(c2)CN(Cc2cc(F)cc(F)c2)C(=O)[C@H](C)O3)cc1. The molecular formula is C25H22F2N2O4. The fourth-order valence-corrected chi connectivity index (χ4v) is 3.68. The number of anilines is 1. The number of carbonyl (C=O) groups excluding carboxylic acids is 2. The maximum Gasteiger partial charge on any atom is 0.263 e. The van der Waals surface area contributed by atoms with Crippen LogP contribution >= 0.6 is 0 Å². The van der Waals surface area contributed by atoms with Crippen LogP contribution in [-0.4, -0.2) is 29.9 Å². The zero-order valence-electron chi connectivity index (χ0n) is 18.1. The number of ether oxygens (including phenoxy) is 2. The number of benzene rings is 3. The lowest BCUT2D eigenvalue weighted by atomic mass is 10.1. The van der Waals surface area contributed by atoms with Gasteiger partial charge in [-0.15, -0.1) is 0 Å². The summed E-state index contributed by atoms with van der Waals surface area (Å²) in [6, 6.07) is 15.0. The molecule has 0 aromatic heterocycles. The van der Waals surface area contributed by atoms with E-state index < -0.39 is 17.7 Å². The van der Waals surface area contributed by atoms with E-state index in [0.29, 0.717) is 33.9 Å². The molecule has 2 amide bonds. The highest BCUT2D eigenvalue weighted by Gasteiger charge is 2.28. The standard InChI is InChI=1S/C25H22F2N2O4/c1-15-25(31)29(13-16-9-19(26)12-20(27)10-16)14-18-11-21(5-8-23(18)33-15)28-24(30)17-3-6-22(32-2)7-4-17/h3-12,15H,13-14H2,1-2H3,(H,28,30)/t15-/m0/s1. The molecule has 0 unspecified atom stereocenters. The quantitative estimate of drug-likeness (QED) is 0.618. The van der Waals surface area contributed by atoms with Gasteiger partial charge < -0.3 is 19.7 Å². The second kappa shape index (κ2) is 9.28. The highest BCUT2D eigenvalue weighted by molar-refractivity contribution is 6.04. The largest absolute Gasteiger partial charge is 0.497 e. The van der Waals surface area contributed by atoms with Crippen LogP contribution in [0.3, 0.4) is 0 Å². The van der Waals surface area contributed by atoms with Crippen molar-refractivity contribution in [1.82, 2.24) is 4.90 Å². The van der Waals surface area contributed by atoms with E-state index in [9.17, 15) is 18.4 Å². The molecule has 1 aliphatic rings. The third-order valence-corrected chi connectivity index (χ3v) is 5.29. The highest BCUT2D eigenvalue weighted by Crippen LogP contribution is 2.30. The molecule has 170 valence electrons. The first kappa shape index (κ1) is 22.3. The number of amides is 2. The average molecular weight is 452 g/mol. The summed E-state index contributed by atoms with van der Waals surface area (Å²) in [6.07, 6.45) is -0.774. The lowest BCUT2D eigenvalue weighted by Gasteiger charge is -2.22. The number of nitrogens with one attached hydrogen (secondary N) is 1. The first-order valence-electron chi connectivity index (χ1n) is 10.3. The molecular weight excluding hydrogens is 430 g/mol. The maximum atomic E-state index is 13.6. The lowest BCUT2D eigenvalue weighted by Crippen LogP contribution is -2.37. The summed E-state index contributed by atoms with van der Waals surface area (Å²) < 4.78 is 38.1. The summed E-state index contributed by atoms with van der Waals surface area (Å²) in [6.45, 7) is 1.79. The van der Waals surface area contributed by atoms with E-state index >= 15 is 0 Å². The number of nitrogens with zero attached hydrogens (tertiary/aromatic N) is 1. The van der Waals surface area contributed by atoms with Gasteiger partial charge in [0.15, 0.2) is 6.10 Å². The van der Waals surface area contributed by atoms with Crippen molar-refractivity contribution in [2.24, 2.45) is 0 Å². The molecule has 0 saturated heterocycles. The van der Waals surface area contributed by atoms with Crippen molar-refractivity contribution in [3.8, 4) is 11.5 Å². The van der Waals surface area contributed by atoms with Crippen molar-refractivity contribution in [2.75, 3.05) is 12.4 Å². The normalized spacial score (nSPS) is 15.3. The van der Waals surface area contributed by atoms with Crippen LogP contribution in [-0.2, 0) is 17.9 Å². The summed E-state index contributed by atoms with van der Waals surface area (Å²) >= 11 is 0. The Morgan fingerprint density at radius 3 is 2.45 bits per heavy atom. The van der Waals surface area contributed by atoms with Gasteiger partial charge in [0.2, 0.25) is 0 Å². The Morgan fingerprint density at radius 2 is 1.79 bits per heavy atom. The Morgan fingerprint density at radius 1 is 1.09 bits per heavy atom. The molecule has 1 N–H and O–H groups in total. The van der Waals surface area contributed by atoms with Crippen molar-refractivity contribution >= 4 is 17.5 Å². The molecule has 3 aromatic carbocycles. The molecule has 6 nitrogen and oxygen atoms in total. The second-order valence-corrected chi connectivity index (χ2v) is 7.74. The minimum Gasteiger partial charge on any atom is -0.497 e. The molecule has 4 rings (SSSR count). The molecule has 0 spiro atoms. The van der Waals surface area contributed by atoms with Crippen molar-refractivity contribution in [3.63, 3.8) is 0 Å². The van der Waals surface area contributed by atoms with Gasteiger partial charge in [0, 0.05) is 36.0 Å². The van der Waals surface area contributed by atoms with Gasteiger partial charge in [-0.05, 0) is 67.1 Å². The smallest absolute Gasteiger partial charge is 0.263 e. The molecule has 0 aliphatic carbocycles. The summed E-state index contributed by atoms with van der Waals surface area (Å²) in [4.78, 5) is 26.9. The monoisotopic (exact) mass is 452 g/mol. The third kappa shape index (κ3) is 5.11. The van der Waals surface area contributed by atoms with E-state index in [0.717, 1.165) is 6.07 Å². The first-order valence-corrected chi connectivity index (χ1v) is 10.3. The third-order valence-electron chi connectivity index (χ3n) is 5.29. The summed E-state index contributed by atoms with van der Waals surface area (Å²) in [5.41, 5.74) is 1.98. The summed E-state index contributed by atoms with van der Waals surface area (Å²) in [5, 5.41) is 2.83. The van der Waals surface area contributed by atoms with Gasteiger partial charge in [-0.1, -0.05) is 0 Å². The molecule has 1 atom stereocenters. The topological polar surface area (TPSA) is 67.9 Å². The van der Waals surface area contributed by atoms with Crippen LogP contribution in [0.4, 0.5) is 14.5 Å². The first-order chi connectivity index (χ1) is 15.8. The van der Waals surface area contributed by atoms with Gasteiger partial charge in [-0.25, -0.2) is 8.78 Å². The maximum absolute atomic E-state index is 13.6. The zero-order chi connectivity index (χ0) is 23.5. The van der Waals surface area contributed by atoms with Crippen LogP contribution in [0.15, 0.2) is 60.7 Å². The Balaban J connectivity index is 1.56. The Bertz CT molecular complexity index is 1180. The molecule has 0 saturated carbocycles. The van der Waals surface area contributed by atoms with Gasteiger partial charge >= 0.3 is 0 Å². The summed E-state index contributed by atoms with van der Waals surface area (Å²) in [5.74, 6) is -0.874. The van der Waals surface area contributed by atoms with E-state index in [4.69, 9.17) is 9.47 Å². The Labute approximate surface area is 189 Å². The minimum atomic E-state index is -0.774. The zero-order valence-corrected chi connectivity index (χ0v) is 18.1. The molecule has 1 heterocycles. The lowest BCUT2D eigenvalue weighted by molar-refractivity contribution is -0.138. The molecule has 3 aromatic rings. The van der Waals surface area contributed by atoms with Crippen LogP contribution in [0.5, 0.6) is 11.5 Å². The van der Waals surface area contributed by atoms with Crippen LogP contribution in [0.2, 0.25) is 0 Å². The van der Waals surface area contributed by atoms with Crippen molar-refractivity contribution < 1.29 is 27.8 Å². The Hall–Kier alpha value is -3.94. The number of halogens is 2. The summed E-state index contributed by atoms with van der Waals surface area (Å²) in [7, 11) is 1.55. The minimum absolute atomic E-state index is 0.0170. The molecule has 0 fully saturated rings.